The van der Waals surface area contributed by atoms with Gasteiger partial charge in [0.15, 0.2) is 0 Å². The maximum absolute atomic E-state index is 3.19. The number of hydrogen-bond acceptors (Lipinski definition) is 0. The molecule has 0 fully saturated rings. The van der Waals surface area contributed by atoms with Crippen LogP contribution < -0.4 is 0 Å². The van der Waals surface area contributed by atoms with Gasteiger partial charge in [-0.2, -0.15) is 25.7 Å². The van der Waals surface area contributed by atoms with Crippen LogP contribution in [0.5, 0.6) is 0 Å². The van der Waals surface area contributed by atoms with E-state index in [4.69, 9.17) is 0 Å². The van der Waals surface area contributed by atoms with Gasteiger partial charge < -0.3 is 24.3 Å². The van der Waals surface area contributed by atoms with Gasteiger partial charge in [0.05, 0.1) is 0 Å². The molecule has 2 rings (SSSR count). The van der Waals surface area contributed by atoms with Crippen molar-refractivity contribution in [1.29, 1.82) is 0 Å². The average molecular weight is 271 g/mol. The number of rotatable bonds is 0. The summed E-state index contributed by atoms with van der Waals surface area (Å²) in [6.07, 6.45) is 30.0. The quantitative estimate of drug-likeness (QED) is 0.447. The average Bonchev–Trinajstić information content (AvgIpc) is 2.15. The summed E-state index contributed by atoms with van der Waals surface area (Å²) in [4.78, 5) is 0. The fourth-order valence-corrected chi connectivity index (χ4v) is 1.44. The Balaban J connectivity index is 0.000000284. The maximum Gasteiger partial charge on any atom is 0 e. The zero-order valence-corrected chi connectivity index (χ0v) is 11.3. The summed E-state index contributed by atoms with van der Waals surface area (Å²) in [5, 5.41) is 0. The van der Waals surface area contributed by atoms with Crippen LogP contribution in [-0.4, -0.2) is 0 Å². The smallest absolute Gasteiger partial charge is 0 e. The largest absolute Gasteiger partial charge is 0.500 e. The summed E-state index contributed by atoms with van der Waals surface area (Å²) in [5.41, 5.74) is 0. The van der Waals surface area contributed by atoms with E-state index in [-0.39, 0.29) is 16.5 Å². The molecule has 17 heavy (non-hydrogen) atoms. The molecular formula is C16H20Ni-4. The summed E-state index contributed by atoms with van der Waals surface area (Å²) >= 11 is 0. The Morgan fingerprint density at radius 2 is 0.706 bits per heavy atom. The van der Waals surface area contributed by atoms with Crippen LogP contribution in [0.15, 0.2) is 24.3 Å². The van der Waals surface area contributed by atoms with Crippen molar-refractivity contribution >= 4 is 0 Å². The molecular weight excluding hydrogens is 251 g/mol. The molecule has 0 heterocycles. The topological polar surface area (TPSA) is 0 Å². The van der Waals surface area contributed by atoms with Gasteiger partial charge in [0.2, 0.25) is 0 Å². The molecule has 0 radical (unpaired) electrons. The summed E-state index contributed by atoms with van der Waals surface area (Å²) in [6.45, 7) is 0. The fraction of sp³-hybridized carbons (Fsp3) is 0.500. The monoisotopic (exact) mass is 270 g/mol. The first kappa shape index (κ1) is 16.5. The van der Waals surface area contributed by atoms with Gasteiger partial charge in [0.25, 0.3) is 0 Å². The van der Waals surface area contributed by atoms with Crippen molar-refractivity contribution in [3.63, 3.8) is 0 Å². The molecule has 0 aromatic heterocycles. The predicted molar refractivity (Wildman–Crippen MR) is 68.2 cm³/mol. The van der Waals surface area contributed by atoms with Gasteiger partial charge in [-0.25, -0.2) is 0 Å². The third-order valence-electron chi connectivity index (χ3n) is 2.31. The van der Waals surface area contributed by atoms with Crippen LogP contribution >= 0.6 is 0 Å². The van der Waals surface area contributed by atoms with Gasteiger partial charge in [-0.15, -0.1) is 0 Å². The van der Waals surface area contributed by atoms with Crippen LogP contribution in [-0.2, 0) is 16.5 Å². The molecule has 98 valence electrons. The molecule has 2 aliphatic rings. The molecule has 1 heteroatoms. The van der Waals surface area contributed by atoms with Crippen molar-refractivity contribution in [3.8, 4) is 0 Å². The number of hydrogen-bond donors (Lipinski definition) is 0. The van der Waals surface area contributed by atoms with Crippen LogP contribution in [0.3, 0.4) is 0 Å². The van der Waals surface area contributed by atoms with E-state index in [1.54, 1.807) is 0 Å². The standard InChI is InChI=1S/2C8H10.Ni/c2*1-2-4-6-8-7-5-3-1;/h2*1,8H,2,4-5,7H2;/q2*-2;. The molecule has 0 bridgehead atoms. The van der Waals surface area contributed by atoms with Crippen molar-refractivity contribution in [2.24, 2.45) is 0 Å². The molecule has 0 aliphatic heterocycles. The predicted octanol–water partition coefficient (Wildman–Crippen LogP) is 4.56. The SMILES string of the molecule is [C-]1=CCC[C-]=CCC1.[C-]1=CCC[C-]=CCC1.[Ni]. The summed E-state index contributed by atoms with van der Waals surface area (Å²) in [5.74, 6) is 0. The summed E-state index contributed by atoms with van der Waals surface area (Å²) in [7, 11) is 0. The summed E-state index contributed by atoms with van der Waals surface area (Å²) in [6, 6.07) is 0. The number of allylic oxidation sites excluding steroid dienone is 8. The van der Waals surface area contributed by atoms with E-state index in [9.17, 15) is 0 Å². The Bertz CT molecular complexity index is 179. The fourth-order valence-electron chi connectivity index (χ4n) is 1.44. The second kappa shape index (κ2) is 13.5. The maximum atomic E-state index is 3.19. The second-order valence-electron chi connectivity index (χ2n) is 3.79. The van der Waals surface area contributed by atoms with Gasteiger partial charge in [-0.3, -0.25) is 24.3 Å². The second-order valence-corrected chi connectivity index (χ2v) is 3.79. The first-order valence-corrected chi connectivity index (χ1v) is 6.20. The zero-order valence-electron chi connectivity index (χ0n) is 10.3. The molecule has 0 atom stereocenters. The van der Waals surface area contributed by atoms with Crippen molar-refractivity contribution in [3.05, 3.63) is 48.6 Å². The van der Waals surface area contributed by atoms with E-state index < -0.39 is 0 Å². The van der Waals surface area contributed by atoms with Crippen LogP contribution in [0, 0.1) is 24.3 Å². The first-order valence-electron chi connectivity index (χ1n) is 6.20. The zero-order chi connectivity index (χ0) is 11.3. The molecule has 2 aliphatic carbocycles. The first-order chi connectivity index (χ1) is 8.00. The Morgan fingerprint density at radius 3 is 0.941 bits per heavy atom. The van der Waals surface area contributed by atoms with Crippen LogP contribution in [0.25, 0.3) is 0 Å². The van der Waals surface area contributed by atoms with E-state index in [0.29, 0.717) is 0 Å². The van der Waals surface area contributed by atoms with Crippen molar-refractivity contribution in [1.82, 2.24) is 0 Å². The molecule has 0 nitrogen and oxygen atoms in total. The van der Waals surface area contributed by atoms with E-state index in [1.807, 2.05) is 0 Å². The molecule has 0 unspecified atom stereocenters. The van der Waals surface area contributed by atoms with Crippen LogP contribution in [0.2, 0.25) is 0 Å². The Kier molecular flexibility index (Phi) is 13.1. The third-order valence-corrected chi connectivity index (χ3v) is 2.31. The molecule has 0 aromatic carbocycles. The normalized spacial score (nSPS) is 18.8. The van der Waals surface area contributed by atoms with Gasteiger partial charge in [0.1, 0.15) is 0 Å². The van der Waals surface area contributed by atoms with Crippen molar-refractivity contribution in [2.45, 2.75) is 51.4 Å². The Labute approximate surface area is 116 Å². The van der Waals surface area contributed by atoms with Gasteiger partial charge in [0, 0.05) is 16.5 Å². The third kappa shape index (κ3) is 11.7. The molecule has 0 saturated heterocycles. The summed E-state index contributed by atoms with van der Waals surface area (Å²) < 4.78 is 0. The Morgan fingerprint density at radius 1 is 0.471 bits per heavy atom. The van der Waals surface area contributed by atoms with E-state index >= 15 is 0 Å². The molecule has 0 aromatic rings. The molecule has 0 N–H and O–H groups in total. The molecule has 0 amide bonds. The van der Waals surface area contributed by atoms with Crippen molar-refractivity contribution < 1.29 is 16.5 Å². The minimum atomic E-state index is 0. The van der Waals surface area contributed by atoms with E-state index in [2.05, 4.69) is 48.6 Å². The molecule has 0 saturated carbocycles. The Hall–Kier alpha value is -0.546. The van der Waals surface area contributed by atoms with Crippen LogP contribution in [0.1, 0.15) is 51.4 Å². The molecule has 0 spiro atoms. The minimum absolute atomic E-state index is 0. The van der Waals surface area contributed by atoms with E-state index in [0.717, 1.165) is 51.4 Å². The van der Waals surface area contributed by atoms with Gasteiger partial charge in [-0.05, 0) is 0 Å². The van der Waals surface area contributed by atoms with Gasteiger partial charge in [-0.1, -0.05) is 25.7 Å². The van der Waals surface area contributed by atoms with Gasteiger partial charge >= 0.3 is 0 Å². The van der Waals surface area contributed by atoms with Crippen molar-refractivity contribution in [2.75, 3.05) is 0 Å². The van der Waals surface area contributed by atoms with Crippen LogP contribution in [0.4, 0.5) is 0 Å². The van der Waals surface area contributed by atoms with E-state index in [1.165, 1.54) is 0 Å². The minimum Gasteiger partial charge on any atom is -0.500 e.